The Balaban J connectivity index is 0.000000339. The van der Waals surface area contributed by atoms with Gasteiger partial charge in [0.15, 0.2) is 0 Å². The van der Waals surface area contributed by atoms with Gasteiger partial charge in [-0.2, -0.15) is 13.2 Å². The van der Waals surface area contributed by atoms with Gasteiger partial charge in [-0.25, -0.2) is 13.6 Å². The van der Waals surface area contributed by atoms with Crippen molar-refractivity contribution in [2.45, 2.75) is 32.0 Å². The van der Waals surface area contributed by atoms with Gasteiger partial charge in [0.1, 0.15) is 11.5 Å². The topological polar surface area (TPSA) is 83.2 Å². The lowest BCUT2D eigenvalue weighted by Crippen LogP contribution is -2.59. The molecule has 1 aromatic heterocycles. The molecule has 1 amide bonds. The van der Waals surface area contributed by atoms with Crippen LogP contribution in [0.2, 0.25) is 0 Å². The Morgan fingerprint density at radius 1 is 1.23 bits per heavy atom. The van der Waals surface area contributed by atoms with E-state index in [0.717, 1.165) is 24.6 Å². The molecule has 3 aliphatic heterocycles. The van der Waals surface area contributed by atoms with E-state index in [2.05, 4.69) is 4.90 Å². The number of carboxylic acid groups (broad SMARTS) is 1. The molecule has 4 heterocycles. The molecule has 3 saturated heterocycles. The average molecular weight is 454 g/mol. The number of fused-ring (bicyclic) bond motifs is 1. The summed E-state index contributed by atoms with van der Waals surface area (Å²) in [5, 5.41) is 7.12. The lowest BCUT2D eigenvalue weighted by atomic mass is 9.77. The van der Waals surface area contributed by atoms with Crippen LogP contribution in [-0.4, -0.2) is 78.3 Å². The highest BCUT2D eigenvalue weighted by Crippen LogP contribution is 2.45. The highest BCUT2D eigenvalue weighted by atomic mass is 19.4. The van der Waals surface area contributed by atoms with E-state index in [1.807, 2.05) is 19.1 Å². The predicted molar refractivity (Wildman–Crippen MR) is 95.3 cm³/mol. The van der Waals surface area contributed by atoms with E-state index in [-0.39, 0.29) is 17.2 Å². The van der Waals surface area contributed by atoms with E-state index in [0.29, 0.717) is 26.2 Å². The third-order valence-electron chi connectivity index (χ3n) is 5.71. The van der Waals surface area contributed by atoms with Crippen molar-refractivity contribution in [3.8, 4) is 0 Å². The van der Waals surface area contributed by atoms with Gasteiger partial charge in [0.05, 0.1) is 32.8 Å². The van der Waals surface area contributed by atoms with Crippen molar-refractivity contribution in [1.29, 1.82) is 0 Å². The number of carboxylic acids is 1. The minimum Gasteiger partial charge on any atom is -0.475 e. The van der Waals surface area contributed by atoms with Crippen molar-refractivity contribution in [3.05, 3.63) is 23.7 Å². The summed E-state index contributed by atoms with van der Waals surface area (Å²) in [6.45, 7) is 4.50. The van der Waals surface area contributed by atoms with Crippen LogP contribution < -0.4 is 0 Å². The van der Waals surface area contributed by atoms with Crippen molar-refractivity contribution < 1.29 is 45.8 Å². The molecule has 1 N–H and O–H groups in total. The fraction of sp³-hybridized carbons (Fsp3) is 0.684. The molecule has 0 aromatic carbocycles. The summed E-state index contributed by atoms with van der Waals surface area (Å²) >= 11 is 0. The van der Waals surface area contributed by atoms with Crippen molar-refractivity contribution in [3.63, 3.8) is 0 Å². The van der Waals surface area contributed by atoms with E-state index in [1.165, 1.54) is 4.90 Å². The first kappa shape index (κ1) is 23.5. The van der Waals surface area contributed by atoms with E-state index >= 15 is 0 Å². The number of carbonyl (C=O) groups is 2. The number of furan rings is 1. The van der Waals surface area contributed by atoms with Crippen LogP contribution in [0.15, 0.2) is 16.5 Å². The second-order valence-corrected chi connectivity index (χ2v) is 8.34. The van der Waals surface area contributed by atoms with Crippen molar-refractivity contribution >= 4 is 11.9 Å². The molecule has 0 spiro atoms. The molecule has 0 aliphatic carbocycles. The number of alkyl halides is 5. The van der Waals surface area contributed by atoms with E-state index < -0.39 is 31.2 Å². The molecule has 0 bridgehead atoms. The summed E-state index contributed by atoms with van der Waals surface area (Å²) in [6, 6.07) is 3.92. The third kappa shape index (κ3) is 5.53. The van der Waals surface area contributed by atoms with Gasteiger partial charge < -0.3 is 19.2 Å². The summed E-state index contributed by atoms with van der Waals surface area (Å²) in [6.07, 6.45) is -4.79. The second-order valence-electron chi connectivity index (χ2n) is 8.34. The van der Waals surface area contributed by atoms with Crippen LogP contribution in [0.5, 0.6) is 0 Å². The Bertz CT molecular complexity index is 819. The Morgan fingerprint density at radius 3 is 2.39 bits per heavy atom. The van der Waals surface area contributed by atoms with Crippen LogP contribution in [-0.2, 0) is 20.9 Å². The molecule has 0 saturated carbocycles. The Labute approximate surface area is 174 Å². The first-order chi connectivity index (χ1) is 14.3. The van der Waals surface area contributed by atoms with Crippen LogP contribution in [0.1, 0.15) is 17.9 Å². The van der Waals surface area contributed by atoms with Gasteiger partial charge in [-0.05, 0) is 19.1 Å². The smallest absolute Gasteiger partial charge is 0.475 e. The van der Waals surface area contributed by atoms with Gasteiger partial charge >= 0.3 is 12.1 Å². The zero-order valence-electron chi connectivity index (χ0n) is 16.8. The number of hydrogen-bond acceptors (Lipinski definition) is 5. The fourth-order valence-electron chi connectivity index (χ4n) is 4.21. The minimum absolute atomic E-state index is 0.174. The number of nitrogens with zero attached hydrogens (tertiary/aromatic N) is 2. The molecule has 3 fully saturated rings. The Morgan fingerprint density at radius 2 is 1.87 bits per heavy atom. The van der Waals surface area contributed by atoms with Crippen LogP contribution in [0.4, 0.5) is 22.0 Å². The fourth-order valence-corrected chi connectivity index (χ4v) is 4.21. The number of rotatable bonds is 4. The number of carbonyl (C=O) groups excluding carboxylic acids is 1. The highest BCUT2D eigenvalue weighted by Gasteiger charge is 2.54. The summed E-state index contributed by atoms with van der Waals surface area (Å²) in [5.41, 5.74) is -0.246. The molecule has 2 atom stereocenters. The number of aryl methyl sites for hydroxylation is 1. The predicted octanol–water partition coefficient (Wildman–Crippen LogP) is 2.54. The first-order valence-corrected chi connectivity index (χ1v) is 9.61. The summed E-state index contributed by atoms with van der Waals surface area (Å²) < 4.78 is 69.0. The second kappa shape index (κ2) is 8.38. The number of aliphatic carboxylic acids is 1. The monoisotopic (exact) mass is 454 g/mol. The Kier molecular flexibility index (Phi) is 6.34. The van der Waals surface area contributed by atoms with Crippen molar-refractivity contribution in [2.24, 2.45) is 11.3 Å². The van der Waals surface area contributed by atoms with Gasteiger partial charge in [-0.15, -0.1) is 0 Å². The summed E-state index contributed by atoms with van der Waals surface area (Å²) in [7, 11) is 0. The summed E-state index contributed by atoms with van der Waals surface area (Å²) in [5.74, 6) is -3.56. The zero-order valence-corrected chi connectivity index (χ0v) is 16.8. The quantitative estimate of drug-likeness (QED) is 0.705. The van der Waals surface area contributed by atoms with E-state index in [1.54, 1.807) is 0 Å². The molecule has 4 rings (SSSR count). The molecule has 3 aliphatic rings. The maximum Gasteiger partial charge on any atom is 0.490 e. The molecular weight excluding hydrogens is 431 g/mol. The number of amides is 1. The zero-order chi connectivity index (χ0) is 23.0. The average Bonchev–Trinajstić information content (AvgIpc) is 3.26. The number of likely N-dealkylation sites (tertiary alicyclic amines) is 2. The lowest BCUT2D eigenvalue weighted by molar-refractivity contribution is -0.192. The third-order valence-corrected chi connectivity index (χ3v) is 5.71. The lowest BCUT2D eigenvalue weighted by Gasteiger charge is -2.40. The first-order valence-electron chi connectivity index (χ1n) is 9.61. The summed E-state index contributed by atoms with van der Waals surface area (Å²) in [4.78, 5) is 24.8. The SMILES string of the molecule is Cc1ccc(CN2C[C@@H]3COC[C@]3(CC(=O)N3CC(F)(F)C3)C2)o1.O=C(O)C(F)(F)F. The van der Waals surface area contributed by atoms with Gasteiger partial charge in [0.25, 0.3) is 5.92 Å². The molecule has 174 valence electrons. The van der Waals surface area contributed by atoms with Gasteiger partial charge in [0, 0.05) is 30.8 Å². The number of ether oxygens (including phenoxy) is 1. The maximum atomic E-state index is 13.0. The molecule has 31 heavy (non-hydrogen) atoms. The standard InChI is InChI=1S/C17H22F2N2O3.C2HF3O2/c1-12-2-3-14(24-12)6-20-5-13-7-23-11-16(13,8-20)4-15(22)21-9-17(18,19)10-21;3-2(4,5)1(6)7/h2-3,13H,4-11H2,1H3;(H,6,7)/t13-,16+;/m1./s1. The van der Waals surface area contributed by atoms with Crippen LogP contribution in [0.3, 0.4) is 0 Å². The molecule has 0 unspecified atom stereocenters. The molecule has 1 aromatic rings. The van der Waals surface area contributed by atoms with Gasteiger partial charge in [0.2, 0.25) is 5.91 Å². The number of hydrogen-bond donors (Lipinski definition) is 1. The largest absolute Gasteiger partial charge is 0.490 e. The van der Waals surface area contributed by atoms with Crippen molar-refractivity contribution in [2.75, 3.05) is 39.4 Å². The normalized spacial score (nSPS) is 27.3. The molecular formula is C19H23F5N2O5. The molecule has 12 heteroatoms. The highest BCUT2D eigenvalue weighted by molar-refractivity contribution is 5.78. The van der Waals surface area contributed by atoms with Crippen molar-refractivity contribution in [1.82, 2.24) is 9.80 Å². The molecule has 7 nitrogen and oxygen atoms in total. The van der Waals surface area contributed by atoms with Crippen LogP contribution in [0, 0.1) is 18.3 Å². The Hall–Kier alpha value is -2.21. The van der Waals surface area contributed by atoms with Gasteiger partial charge in [-0.3, -0.25) is 9.69 Å². The number of halogens is 5. The van der Waals surface area contributed by atoms with Gasteiger partial charge in [-0.1, -0.05) is 0 Å². The van der Waals surface area contributed by atoms with Crippen LogP contribution in [0.25, 0.3) is 0 Å². The molecule has 0 radical (unpaired) electrons. The minimum atomic E-state index is -5.08. The van der Waals surface area contributed by atoms with E-state index in [4.69, 9.17) is 19.1 Å². The van der Waals surface area contributed by atoms with Crippen LogP contribution >= 0.6 is 0 Å². The maximum absolute atomic E-state index is 13.0. The van der Waals surface area contributed by atoms with E-state index in [9.17, 15) is 26.7 Å².